The Balaban J connectivity index is 2.71. The minimum Gasteiger partial charge on any atom is -0.530 e. The van der Waals surface area contributed by atoms with Gasteiger partial charge in [-0.3, -0.25) is 0 Å². The van der Waals surface area contributed by atoms with E-state index in [0.29, 0.717) is 0 Å². The highest BCUT2D eigenvalue weighted by Crippen LogP contribution is 2.42. The van der Waals surface area contributed by atoms with Gasteiger partial charge in [0.15, 0.2) is 11.5 Å². The molecule has 2 rings (SSSR count). The number of halogens is 1. The number of methoxy groups -OCH3 is 2. The van der Waals surface area contributed by atoms with Crippen molar-refractivity contribution in [2.45, 2.75) is 58.7 Å². The summed E-state index contributed by atoms with van der Waals surface area (Å²) in [5.41, 5.74) is 1.05. The van der Waals surface area contributed by atoms with Gasteiger partial charge < -0.3 is 13.9 Å². The van der Waals surface area contributed by atoms with Crippen LogP contribution in [0, 0.1) is 3.57 Å². The summed E-state index contributed by atoms with van der Waals surface area (Å²) in [6.07, 6.45) is 1.92. The molecule has 0 radical (unpaired) electrons. The van der Waals surface area contributed by atoms with E-state index in [-0.39, 0.29) is 5.04 Å². The number of nitrogens with zero attached hydrogens (tertiary/aromatic N) is 1. The SMILES string of the molecule is CCCc1nc(O[Si](C)(C)C(C)(C)C)c(I)c2cc(OC)c(OC)cc12. The summed E-state index contributed by atoms with van der Waals surface area (Å²) in [6.45, 7) is 13.4. The Kier molecular flexibility index (Phi) is 6.48. The topological polar surface area (TPSA) is 40.6 Å². The largest absolute Gasteiger partial charge is 0.530 e. The molecule has 0 aliphatic carbocycles. The molecular formula is C20H30INO3Si. The number of hydrogen-bond donors (Lipinski definition) is 0. The Morgan fingerprint density at radius 3 is 2.04 bits per heavy atom. The fourth-order valence-corrected chi connectivity index (χ4v) is 4.36. The van der Waals surface area contributed by atoms with Crippen molar-refractivity contribution in [1.82, 2.24) is 4.98 Å². The highest BCUT2D eigenvalue weighted by atomic mass is 127. The first-order valence-corrected chi connectivity index (χ1v) is 13.0. The Morgan fingerprint density at radius 2 is 1.58 bits per heavy atom. The first-order chi connectivity index (χ1) is 12.1. The van der Waals surface area contributed by atoms with E-state index >= 15 is 0 Å². The zero-order valence-electron chi connectivity index (χ0n) is 17.1. The number of hydrogen-bond acceptors (Lipinski definition) is 4. The number of pyridine rings is 1. The summed E-state index contributed by atoms with van der Waals surface area (Å²) in [7, 11) is 1.35. The van der Waals surface area contributed by atoms with E-state index in [9.17, 15) is 0 Å². The summed E-state index contributed by atoms with van der Waals surface area (Å²) in [6, 6.07) is 4.07. The van der Waals surface area contributed by atoms with Gasteiger partial charge in [-0.25, -0.2) is 4.98 Å². The highest BCUT2D eigenvalue weighted by molar-refractivity contribution is 14.1. The van der Waals surface area contributed by atoms with Gasteiger partial charge in [0, 0.05) is 10.8 Å². The maximum Gasteiger partial charge on any atom is 0.252 e. The molecule has 1 aromatic heterocycles. The standard InChI is InChI=1S/C20H30INO3Si/c1-9-10-15-13-11-16(23-5)17(24-6)12-14(13)18(21)19(22-15)25-26(7,8)20(2,3)4/h11-12H,9-10H2,1-8H3. The second-order valence-electron chi connectivity index (χ2n) is 8.04. The first kappa shape index (κ1) is 21.3. The minimum atomic E-state index is -1.97. The van der Waals surface area contributed by atoms with Crippen LogP contribution in [-0.2, 0) is 6.42 Å². The number of fused-ring (bicyclic) bond motifs is 1. The molecule has 4 nitrogen and oxygen atoms in total. The van der Waals surface area contributed by atoms with Crippen LogP contribution < -0.4 is 13.9 Å². The van der Waals surface area contributed by atoms with E-state index in [1.165, 1.54) is 0 Å². The van der Waals surface area contributed by atoms with Crippen LogP contribution in [0.25, 0.3) is 10.8 Å². The molecule has 6 heteroatoms. The van der Waals surface area contributed by atoms with Crippen LogP contribution in [0.1, 0.15) is 39.8 Å². The van der Waals surface area contributed by atoms with Gasteiger partial charge in [0.25, 0.3) is 8.32 Å². The molecule has 1 heterocycles. The van der Waals surface area contributed by atoms with Gasteiger partial charge >= 0.3 is 0 Å². The molecular weight excluding hydrogens is 457 g/mol. The van der Waals surface area contributed by atoms with Gasteiger partial charge in [0.05, 0.1) is 23.5 Å². The van der Waals surface area contributed by atoms with Crippen molar-refractivity contribution in [3.63, 3.8) is 0 Å². The summed E-state index contributed by atoms with van der Waals surface area (Å²) in [5, 5.41) is 2.33. The van der Waals surface area contributed by atoms with Gasteiger partial charge in [0.2, 0.25) is 5.88 Å². The predicted molar refractivity (Wildman–Crippen MR) is 119 cm³/mol. The number of aromatic nitrogens is 1. The second kappa shape index (κ2) is 7.92. The molecule has 0 saturated carbocycles. The van der Waals surface area contributed by atoms with Crippen molar-refractivity contribution in [2.75, 3.05) is 14.2 Å². The van der Waals surface area contributed by atoms with Gasteiger partial charge in [-0.1, -0.05) is 34.1 Å². The summed E-state index contributed by atoms with van der Waals surface area (Å²) >= 11 is 2.35. The Hall–Kier alpha value is -1.02. The third kappa shape index (κ3) is 4.11. The van der Waals surface area contributed by atoms with E-state index in [2.05, 4.69) is 63.4 Å². The molecule has 0 N–H and O–H groups in total. The third-order valence-electron chi connectivity index (χ3n) is 5.14. The molecule has 0 atom stereocenters. The van der Waals surface area contributed by atoms with Crippen LogP contribution >= 0.6 is 22.6 Å². The number of ether oxygens (including phenoxy) is 2. The van der Waals surface area contributed by atoms with Crippen LogP contribution in [0.4, 0.5) is 0 Å². The lowest BCUT2D eigenvalue weighted by Gasteiger charge is -2.36. The number of aryl methyl sites for hydroxylation is 1. The van der Waals surface area contributed by atoms with E-state index in [1.54, 1.807) is 14.2 Å². The Bertz CT molecular complexity index is 800. The third-order valence-corrected chi connectivity index (χ3v) is 10.5. The molecule has 0 aliphatic heterocycles. The van der Waals surface area contributed by atoms with Crippen molar-refractivity contribution in [3.05, 3.63) is 21.4 Å². The minimum absolute atomic E-state index is 0.120. The lowest BCUT2D eigenvalue weighted by Crippen LogP contribution is -2.44. The molecule has 0 fully saturated rings. The van der Waals surface area contributed by atoms with Gasteiger partial charge in [0.1, 0.15) is 0 Å². The number of rotatable bonds is 6. The highest BCUT2D eigenvalue weighted by Gasteiger charge is 2.40. The molecule has 0 amide bonds. The molecule has 1 aromatic carbocycles. The Labute approximate surface area is 171 Å². The normalized spacial score (nSPS) is 12.3. The second-order valence-corrected chi connectivity index (χ2v) is 13.8. The molecule has 0 saturated heterocycles. The number of benzene rings is 1. The zero-order chi connectivity index (χ0) is 19.7. The molecule has 0 aliphatic rings. The smallest absolute Gasteiger partial charge is 0.252 e. The maximum absolute atomic E-state index is 6.57. The Morgan fingerprint density at radius 1 is 1.04 bits per heavy atom. The fourth-order valence-electron chi connectivity index (χ4n) is 2.54. The van der Waals surface area contributed by atoms with Crippen molar-refractivity contribution in [2.24, 2.45) is 0 Å². The molecule has 0 spiro atoms. The van der Waals surface area contributed by atoms with Crippen LogP contribution in [0.5, 0.6) is 17.4 Å². The molecule has 0 unspecified atom stereocenters. The zero-order valence-corrected chi connectivity index (χ0v) is 20.3. The lowest BCUT2D eigenvalue weighted by molar-refractivity contribution is 0.356. The van der Waals surface area contributed by atoms with Crippen LogP contribution in [-0.4, -0.2) is 27.5 Å². The average Bonchev–Trinajstić information content (AvgIpc) is 2.56. The van der Waals surface area contributed by atoms with E-state index in [0.717, 1.165) is 50.3 Å². The summed E-state index contributed by atoms with van der Waals surface area (Å²) in [5.74, 6) is 2.21. The van der Waals surface area contributed by atoms with Gasteiger partial charge in [-0.15, -0.1) is 0 Å². The molecule has 26 heavy (non-hydrogen) atoms. The van der Waals surface area contributed by atoms with Crippen molar-refractivity contribution >= 4 is 41.7 Å². The van der Waals surface area contributed by atoms with Crippen molar-refractivity contribution in [1.29, 1.82) is 0 Å². The van der Waals surface area contributed by atoms with Crippen LogP contribution in [0.3, 0.4) is 0 Å². The van der Waals surface area contributed by atoms with Gasteiger partial charge in [-0.2, -0.15) is 0 Å². The quantitative estimate of drug-likeness (QED) is 0.360. The van der Waals surface area contributed by atoms with E-state index < -0.39 is 8.32 Å². The van der Waals surface area contributed by atoms with E-state index in [1.807, 2.05) is 12.1 Å². The van der Waals surface area contributed by atoms with Crippen LogP contribution in [0.15, 0.2) is 12.1 Å². The van der Waals surface area contributed by atoms with Crippen molar-refractivity contribution < 1.29 is 13.9 Å². The monoisotopic (exact) mass is 487 g/mol. The fraction of sp³-hybridized carbons (Fsp3) is 0.550. The van der Waals surface area contributed by atoms with Gasteiger partial charge in [-0.05, 0) is 59.3 Å². The predicted octanol–water partition coefficient (Wildman–Crippen LogP) is 6.19. The van der Waals surface area contributed by atoms with Crippen molar-refractivity contribution in [3.8, 4) is 17.4 Å². The molecule has 2 aromatic rings. The van der Waals surface area contributed by atoms with Crippen LogP contribution in [0.2, 0.25) is 18.1 Å². The summed E-state index contributed by atoms with van der Waals surface area (Å²) in [4.78, 5) is 4.93. The summed E-state index contributed by atoms with van der Waals surface area (Å²) < 4.78 is 18.6. The average molecular weight is 487 g/mol. The maximum atomic E-state index is 6.57. The lowest BCUT2D eigenvalue weighted by atomic mass is 10.1. The van der Waals surface area contributed by atoms with E-state index in [4.69, 9.17) is 18.9 Å². The molecule has 0 bridgehead atoms. The first-order valence-electron chi connectivity index (χ1n) is 8.98. The molecule has 144 valence electrons.